The van der Waals surface area contributed by atoms with Crippen LogP contribution in [0.4, 0.5) is 0 Å². The van der Waals surface area contributed by atoms with Crippen molar-refractivity contribution >= 4 is 11.8 Å². The zero-order valence-electron chi connectivity index (χ0n) is 8.81. The van der Waals surface area contributed by atoms with E-state index in [-0.39, 0.29) is 5.78 Å². The number of allylic oxidation sites excluding steroid dienone is 1. The van der Waals surface area contributed by atoms with Crippen LogP contribution >= 0.6 is 0 Å². The third-order valence-corrected chi connectivity index (χ3v) is 2.53. The van der Waals surface area contributed by atoms with Gasteiger partial charge in [-0.3, -0.25) is 4.79 Å². The first-order chi connectivity index (χ1) is 7.77. The summed E-state index contributed by atoms with van der Waals surface area (Å²) < 4.78 is 4.96. The SMILES string of the molecule is O=C1CCCC1=COC(=O)c1ccccc1. The number of carbonyl (C=O) groups is 2. The number of hydrogen-bond donors (Lipinski definition) is 0. The minimum Gasteiger partial charge on any atom is -0.430 e. The zero-order valence-corrected chi connectivity index (χ0v) is 8.81. The second-order valence-corrected chi connectivity index (χ2v) is 3.69. The smallest absolute Gasteiger partial charge is 0.342 e. The molecule has 0 atom stereocenters. The molecule has 1 fully saturated rings. The van der Waals surface area contributed by atoms with E-state index >= 15 is 0 Å². The van der Waals surface area contributed by atoms with Crippen LogP contribution < -0.4 is 0 Å². The van der Waals surface area contributed by atoms with Crippen molar-refractivity contribution in [3.8, 4) is 0 Å². The summed E-state index contributed by atoms with van der Waals surface area (Å²) in [4.78, 5) is 22.8. The van der Waals surface area contributed by atoms with Crippen LogP contribution in [0.15, 0.2) is 42.2 Å². The van der Waals surface area contributed by atoms with Crippen LogP contribution in [0.5, 0.6) is 0 Å². The van der Waals surface area contributed by atoms with Crippen LogP contribution in [0.1, 0.15) is 29.6 Å². The molecule has 0 saturated heterocycles. The Morgan fingerprint density at radius 3 is 2.56 bits per heavy atom. The van der Waals surface area contributed by atoms with Gasteiger partial charge < -0.3 is 4.74 Å². The highest BCUT2D eigenvalue weighted by atomic mass is 16.5. The monoisotopic (exact) mass is 216 g/mol. The van der Waals surface area contributed by atoms with Gasteiger partial charge in [-0.05, 0) is 25.0 Å². The lowest BCUT2D eigenvalue weighted by Gasteiger charge is -1.99. The number of benzene rings is 1. The van der Waals surface area contributed by atoms with E-state index in [1.807, 2.05) is 6.07 Å². The third-order valence-electron chi connectivity index (χ3n) is 2.53. The summed E-state index contributed by atoms with van der Waals surface area (Å²) in [5.74, 6) is -0.339. The molecule has 0 bridgehead atoms. The average Bonchev–Trinajstić information content (AvgIpc) is 2.73. The fourth-order valence-electron chi connectivity index (χ4n) is 1.63. The van der Waals surface area contributed by atoms with Crippen molar-refractivity contribution < 1.29 is 14.3 Å². The molecule has 3 nitrogen and oxygen atoms in total. The van der Waals surface area contributed by atoms with Crippen molar-refractivity contribution in [3.05, 3.63) is 47.7 Å². The Morgan fingerprint density at radius 1 is 1.19 bits per heavy atom. The van der Waals surface area contributed by atoms with E-state index in [0.29, 0.717) is 24.0 Å². The topological polar surface area (TPSA) is 43.4 Å². The molecule has 3 heteroatoms. The fraction of sp³-hybridized carbons (Fsp3) is 0.231. The molecule has 1 aliphatic carbocycles. The molecule has 0 heterocycles. The van der Waals surface area contributed by atoms with Gasteiger partial charge in [-0.15, -0.1) is 0 Å². The van der Waals surface area contributed by atoms with Gasteiger partial charge in [-0.25, -0.2) is 4.79 Å². The summed E-state index contributed by atoms with van der Waals surface area (Å²) in [6.45, 7) is 0. The largest absolute Gasteiger partial charge is 0.430 e. The van der Waals surface area contributed by atoms with Gasteiger partial charge in [0.1, 0.15) is 6.26 Å². The van der Waals surface area contributed by atoms with Crippen molar-refractivity contribution in [2.45, 2.75) is 19.3 Å². The Labute approximate surface area is 93.7 Å². The van der Waals surface area contributed by atoms with Crippen LogP contribution in [0.2, 0.25) is 0 Å². The Kier molecular flexibility index (Phi) is 3.15. The highest BCUT2D eigenvalue weighted by molar-refractivity contribution is 5.97. The lowest BCUT2D eigenvalue weighted by molar-refractivity contribution is -0.114. The van der Waals surface area contributed by atoms with Crippen LogP contribution in [0, 0.1) is 0 Å². The standard InChI is InChI=1S/C13H12O3/c14-12-8-4-7-11(12)9-16-13(15)10-5-2-1-3-6-10/h1-3,5-6,9H,4,7-8H2. The quantitative estimate of drug-likeness (QED) is 0.433. The first kappa shape index (κ1) is 10.6. The third kappa shape index (κ3) is 2.37. The number of ketones is 1. The Bertz CT molecular complexity index is 432. The molecule has 0 aromatic heterocycles. The molecule has 1 saturated carbocycles. The van der Waals surface area contributed by atoms with E-state index in [4.69, 9.17) is 4.74 Å². The maximum absolute atomic E-state index is 11.5. The Balaban J connectivity index is 2.01. The summed E-state index contributed by atoms with van der Waals surface area (Å²) in [6.07, 6.45) is 3.42. The van der Waals surface area contributed by atoms with Gasteiger partial charge in [0, 0.05) is 12.0 Å². The molecular weight excluding hydrogens is 204 g/mol. The maximum Gasteiger partial charge on any atom is 0.342 e. The molecule has 0 aliphatic heterocycles. The van der Waals surface area contributed by atoms with Crippen molar-refractivity contribution in [2.75, 3.05) is 0 Å². The molecule has 82 valence electrons. The first-order valence-electron chi connectivity index (χ1n) is 5.25. The second-order valence-electron chi connectivity index (χ2n) is 3.69. The molecule has 1 aromatic rings. The second kappa shape index (κ2) is 4.75. The van der Waals surface area contributed by atoms with Gasteiger partial charge in [0.05, 0.1) is 5.56 Å². The van der Waals surface area contributed by atoms with Crippen molar-refractivity contribution in [3.63, 3.8) is 0 Å². The fourth-order valence-corrected chi connectivity index (χ4v) is 1.63. The molecule has 1 aliphatic rings. The van der Waals surface area contributed by atoms with Gasteiger partial charge in [-0.1, -0.05) is 18.2 Å². The van der Waals surface area contributed by atoms with Crippen LogP contribution in [0.25, 0.3) is 0 Å². The van der Waals surface area contributed by atoms with Gasteiger partial charge >= 0.3 is 5.97 Å². The zero-order chi connectivity index (χ0) is 11.4. The number of ether oxygens (including phenoxy) is 1. The predicted molar refractivity (Wildman–Crippen MR) is 58.8 cm³/mol. The van der Waals surface area contributed by atoms with E-state index in [1.54, 1.807) is 24.3 Å². The number of carbonyl (C=O) groups excluding carboxylic acids is 2. The van der Waals surface area contributed by atoms with Crippen molar-refractivity contribution in [1.29, 1.82) is 0 Å². The van der Waals surface area contributed by atoms with Gasteiger partial charge in [-0.2, -0.15) is 0 Å². The van der Waals surface area contributed by atoms with Gasteiger partial charge in [0.25, 0.3) is 0 Å². The minimum absolute atomic E-state index is 0.0841. The molecule has 2 rings (SSSR count). The minimum atomic E-state index is -0.423. The Morgan fingerprint density at radius 2 is 1.94 bits per heavy atom. The molecule has 0 N–H and O–H groups in total. The van der Waals surface area contributed by atoms with E-state index < -0.39 is 5.97 Å². The summed E-state index contributed by atoms with van der Waals surface area (Å²) in [5, 5.41) is 0. The number of rotatable bonds is 2. The molecule has 0 amide bonds. The molecular formula is C13H12O3. The van der Waals surface area contributed by atoms with E-state index in [0.717, 1.165) is 6.42 Å². The molecule has 0 unspecified atom stereocenters. The number of esters is 1. The maximum atomic E-state index is 11.5. The highest BCUT2D eigenvalue weighted by Crippen LogP contribution is 2.20. The van der Waals surface area contributed by atoms with E-state index in [2.05, 4.69) is 0 Å². The summed E-state index contributed by atoms with van der Waals surface area (Å²) >= 11 is 0. The lowest BCUT2D eigenvalue weighted by atomic mass is 10.2. The first-order valence-corrected chi connectivity index (χ1v) is 5.25. The van der Waals surface area contributed by atoms with Crippen LogP contribution in [-0.2, 0) is 9.53 Å². The summed E-state index contributed by atoms with van der Waals surface area (Å²) in [7, 11) is 0. The summed E-state index contributed by atoms with van der Waals surface area (Å²) in [6, 6.07) is 8.72. The van der Waals surface area contributed by atoms with Crippen LogP contribution in [-0.4, -0.2) is 11.8 Å². The van der Waals surface area contributed by atoms with Crippen molar-refractivity contribution in [1.82, 2.24) is 0 Å². The molecule has 16 heavy (non-hydrogen) atoms. The van der Waals surface area contributed by atoms with E-state index in [1.165, 1.54) is 6.26 Å². The summed E-state index contributed by atoms with van der Waals surface area (Å²) in [5.41, 5.74) is 1.11. The predicted octanol–water partition coefficient (Wildman–Crippen LogP) is 2.48. The highest BCUT2D eigenvalue weighted by Gasteiger charge is 2.17. The van der Waals surface area contributed by atoms with Gasteiger partial charge in [0.2, 0.25) is 0 Å². The molecule has 0 radical (unpaired) electrons. The number of hydrogen-bond acceptors (Lipinski definition) is 3. The average molecular weight is 216 g/mol. The van der Waals surface area contributed by atoms with Gasteiger partial charge in [0.15, 0.2) is 5.78 Å². The van der Waals surface area contributed by atoms with Crippen LogP contribution in [0.3, 0.4) is 0 Å². The number of Topliss-reactive ketones (excluding diaryl/α,β-unsaturated/α-hetero) is 1. The normalized spacial score (nSPS) is 17.8. The molecule has 0 spiro atoms. The van der Waals surface area contributed by atoms with Crippen molar-refractivity contribution in [2.24, 2.45) is 0 Å². The Hall–Kier alpha value is -1.90. The van der Waals surface area contributed by atoms with E-state index in [9.17, 15) is 9.59 Å². The lowest BCUT2D eigenvalue weighted by Crippen LogP contribution is -2.02. The molecule has 1 aromatic carbocycles.